The summed E-state index contributed by atoms with van der Waals surface area (Å²) < 4.78 is 27.9. The van der Waals surface area contributed by atoms with Gasteiger partial charge in [0.1, 0.15) is 0 Å². The van der Waals surface area contributed by atoms with Gasteiger partial charge in [-0.3, -0.25) is 0 Å². The Hall–Kier alpha value is -3.42. The Balaban J connectivity index is 0.00000107. The lowest BCUT2D eigenvalue weighted by Gasteiger charge is -2.13. The van der Waals surface area contributed by atoms with Crippen molar-refractivity contribution in [3.8, 4) is 0 Å². The minimum absolute atomic E-state index is 0.0457. The quantitative estimate of drug-likeness (QED) is 0.189. The minimum Gasteiger partial charge on any atom is -0.409 e. The van der Waals surface area contributed by atoms with Crippen LogP contribution in [0.1, 0.15) is 42.9 Å². The van der Waals surface area contributed by atoms with Crippen LogP contribution in [-0.4, -0.2) is 29.6 Å². The van der Waals surface area contributed by atoms with E-state index in [4.69, 9.17) is 20.5 Å². The van der Waals surface area contributed by atoms with Crippen LogP contribution in [0.2, 0.25) is 0 Å². The molecule has 0 fully saturated rings. The van der Waals surface area contributed by atoms with Crippen molar-refractivity contribution in [3.63, 3.8) is 0 Å². The predicted octanol–water partition coefficient (Wildman–Crippen LogP) is 3.43. The molecule has 9 heteroatoms. The second-order valence-electron chi connectivity index (χ2n) is 6.99. The molecule has 0 unspecified atom stereocenters. The van der Waals surface area contributed by atoms with Gasteiger partial charge in [0.15, 0.2) is 5.84 Å². The van der Waals surface area contributed by atoms with Crippen molar-refractivity contribution in [3.05, 3.63) is 65.4 Å². The molecule has 0 radical (unpaired) electrons. The lowest BCUT2D eigenvalue weighted by atomic mass is 10.0. The van der Waals surface area contributed by atoms with Gasteiger partial charge >= 0.3 is 6.15 Å². The third-order valence-electron chi connectivity index (χ3n) is 4.91. The van der Waals surface area contributed by atoms with E-state index in [2.05, 4.69) is 12.1 Å². The highest BCUT2D eigenvalue weighted by atomic mass is 32.2. The van der Waals surface area contributed by atoms with Crippen LogP contribution in [0, 0.1) is 6.92 Å². The molecule has 1 aromatic heterocycles. The lowest BCUT2D eigenvalue weighted by molar-refractivity contribution is -0.191. The molecule has 0 atom stereocenters. The smallest absolute Gasteiger partial charge is 0.373 e. The summed E-state index contributed by atoms with van der Waals surface area (Å²) in [6, 6.07) is 12.1. The Morgan fingerprint density at radius 1 is 1.10 bits per heavy atom. The van der Waals surface area contributed by atoms with E-state index in [1.807, 2.05) is 13.0 Å². The molecule has 0 aliphatic heterocycles. The molecule has 0 saturated heterocycles. The molecule has 3 N–H and O–H groups in total. The molecule has 164 valence electrons. The van der Waals surface area contributed by atoms with Crippen LogP contribution in [0.3, 0.4) is 0 Å². The summed E-state index contributed by atoms with van der Waals surface area (Å²) in [4.78, 5) is 16.5. The van der Waals surface area contributed by atoms with Crippen LogP contribution in [0.4, 0.5) is 0 Å². The number of nitrogens with zero attached hydrogens (tertiary/aromatic N) is 2. The van der Waals surface area contributed by atoms with Crippen molar-refractivity contribution in [1.82, 2.24) is 3.97 Å². The van der Waals surface area contributed by atoms with Crippen molar-refractivity contribution in [2.24, 2.45) is 10.9 Å². The van der Waals surface area contributed by atoms with Crippen LogP contribution < -0.4 is 5.73 Å². The molecule has 1 heterocycles. The molecule has 0 spiro atoms. The van der Waals surface area contributed by atoms with Gasteiger partial charge in [0.2, 0.25) is 0 Å². The maximum atomic E-state index is 13.3. The number of carbonyl (C=O) groups excluding carboxylic acids is 2. The van der Waals surface area contributed by atoms with Crippen LogP contribution in [-0.2, 0) is 26.0 Å². The van der Waals surface area contributed by atoms with Gasteiger partial charge < -0.3 is 10.9 Å². The third kappa shape index (κ3) is 5.20. The summed E-state index contributed by atoms with van der Waals surface area (Å²) in [5.41, 5.74) is 8.83. The van der Waals surface area contributed by atoms with Gasteiger partial charge in [0, 0.05) is 17.1 Å². The van der Waals surface area contributed by atoms with Crippen LogP contribution in [0.15, 0.2) is 58.7 Å². The van der Waals surface area contributed by atoms with E-state index in [1.165, 1.54) is 10.2 Å². The van der Waals surface area contributed by atoms with Crippen LogP contribution in [0.5, 0.6) is 0 Å². The van der Waals surface area contributed by atoms with Crippen molar-refractivity contribution in [2.75, 3.05) is 0 Å². The minimum atomic E-state index is -3.77. The fourth-order valence-electron chi connectivity index (χ4n) is 3.37. The molecule has 0 aliphatic carbocycles. The normalized spacial score (nSPS) is 11.6. The molecular weight excluding hydrogens is 418 g/mol. The molecule has 0 amide bonds. The first-order valence-electron chi connectivity index (χ1n) is 9.74. The molecule has 2 aromatic carbocycles. The summed E-state index contributed by atoms with van der Waals surface area (Å²) in [5, 5.41) is 12.8. The number of aromatic nitrogens is 1. The Morgan fingerprint density at radius 2 is 1.74 bits per heavy atom. The molecule has 8 nitrogen and oxygen atoms in total. The third-order valence-corrected chi connectivity index (χ3v) is 6.60. The monoisotopic (exact) mass is 443 g/mol. The fraction of sp³-hybridized carbons (Fsp3) is 0.273. The van der Waals surface area contributed by atoms with Gasteiger partial charge in [-0.15, -0.1) is 0 Å². The fourth-order valence-corrected chi connectivity index (χ4v) is 4.75. The van der Waals surface area contributed by atoms with Crippen LogP contribution >= 0.6 is 0 Å². The Morgan fingerprint density at radius 3 is 2.32 bits per heavy atom. The van der Waals surface area contributed by atoms with Crippen molar-refractivity contribution in [2.45, 2.75) is 44.4 Å². The second kappa shape index (κ2) is 10.6. The van der Waals surface area contributed by atoms with Crippen molar-refractivity contribution >= 4 is 32.9 Å². The zero-order valence-electron chi connectivity index (χ0n) is 17.4. The van der Waals surface area contributed by atoms with Gasteiger partial charge in [-0.2, -0.15) is 9.59 Å². The summed E-state index contributed by atoms with van der Waals surface area (Å²) in [6.45, 7) is 4.04. The molecule has 0 saturated carbocycles. The van der Waals surface area contributed by atoms with E-state index in [0.29, 0.717) is 16.5 Å². The van der Waals surface area contributed by atoms with Gasteiger partial charge in [0.25, 0.3) is 10.0 Å². The largest absolute Gasteiger partial charge is 0.409 e. The number of hydrogen-bond donors (Lipinski definition) is 2. The standard InChI is InChI=1S/C21H25N3O3S.CO2/c1-3-4-5-6-16-9-12-19(21(22)23-25)18-13-14-24(20(16)18)28(26,27)17-10-7-15(2)8-11-17;2-1-3/h7-14,25H,3-6H2,1-2H3,(H2,22,23);. The second-order valence-corrected chi connectivity index (χ2v) is 8.80. The lowest BCUT2D eigenvalue weighted by Crippen LogP contribution is -2.15. The highest BCUT2D eigenvalue weighted by Gasteiger charge is 2.22. The zero-order valence-corrected chi connectivity index (χ0v) is 18.2. The van der Waals surface area contributed by atoms with Crippen molar-refractivity contribution in [1.29, 1.82) is 0 Å². The molecular formula is C22H25N3O5S. The van der Waals surface area contributed by atoms with Gasteiger partial charge in [0.05, 0.1) is 10.4 Å². The number of benzene rings is 2. The van der Waals surface area contributed by atoms with E-state index in [9.17, 15) is 8.42 Å². The van der Waals surface area contributed by atoms with Crippen molar-refractivity contribution < 1.29 is 23.2 Å². The van der Waals surface area contributed by atoms with E-state index >= 15 is 0 Å². The number of unbranched alkanes of at least 4 members (excludes halogenated alkanes) is 2. The average molecular weight is 444 g/mol. The van der Waals surface area contributed by atoms with Crippen LogP contribution in [0.25, 0.3) is 10.9 Å². The number of oxime groups is 1. The molecule has 0 aliphatic rings. The number of rotatable bonds is 7. The topological polar surface area (TPSA) is 132 Å². The van der Waals surface area contributed by atoms with E-state index < -0.39 is 10.0 Å². The average Bonchev–Trinajstić information content (AvgIpc) is 3.21. The highest BCUT2D eigenvalue weighted by molar-refractivity contribution is 7.90. The van der Waals surface area contributed by atoms with Gasteiger partial charge in [-0.1, -0.05) is 54.8 Å². The number of nitrogens with two attached hydrogens (primary N) is 1. The predicted molar refractivity (Wildman–Crippen MR) is 116 cm³/mol. The SMILES string of the molecule is CCCCCc1ccc(/C(N)=N/O)c2ccn(S(=O)(=O)c3ccc(C)cc3)c12.O=C=O. The maximum absolute atomic E-state index is 13.3. The summed E-state index contributed by atoms with van der Waals surface area (Å²) in [5.74, 6) is -0.0457. The molecule has 31 heavy (non-hydrogen) atoms. The summed E-state index contributed by atoms with van der Waals surface area (Å²) in [6.07, 6.45) is 5.65. The zero-order chi connectivity index (χ0) is 23.0. The Labute approximate surface area is 181 Å². The van der Waals surface area contributed by atoms with Gasteiger partial charge in [-0.05, 0) is 43.5 Å². The Bertz CT molecular complexity index is 1210. The Kier molecular flexibility index (Phi) is 8.13. The number of aryl methyl sites for hydroxylation is 2. The number of fused-ring (bicyclic) bond motifs is 1. The summed E-state index contributed by atoms with van der Waals surface area (Å²) in [7, 11) is -3.77. The molecule has 0 bridgehead atoms. The van der Waals surface area contributed by atoms with E-state index in [-0.39, 0.29) is 16.9 Å². The first-order valence-corrected chi connectivity index (χ1v) is 11.2. The summed E-state index contributed by atoms with van der Waals surface area (Å²) >= 11 is 0. The first-order chi connectivity index (χ1) is 14.8. The number of amidine groups is 1. The maximum Gasteiger partial charge on any atom is 0.373 e. The number of hydrogen-bond acceptors (Lipinski definition) is 6. The molecule has 3 rings (SSSR count). The molecule has 3 aromatic rings. The first kappa shape index (κ1) is 23.9. The van der Waals surface area contributed by atoms with Gasteiger partial charge in [-0.25, -0.2) is 12.4 Å². The van der Waals surface area contributed by atoms with E-state index in [0.717, 1.165) is 36.8 Å². The highest BCUT2D eigenvalue weighted by Crippen LogP contribution is 2.29. The van der Waals surface area contributed by atoms with E-state index in [1.54, 1.807) is 36.4 Å².